The van der Waals surface area contributed by atoms with Gasteiger partial charge in [-0.15, -0.1) is 0 Å². The fraction of sp³-hybridized carbons (Fsp3) is 0.0545. The van der Waals surface area contributed by atoms with E-state index in [1.807, 2.05) is 6.07 Å². The number of anilines is 3. The van der Waals surface area contributed by atoms with Crippen LogP contribution in [-0.2, 0) is 5.41 Å². The van der Waals surface area contributed by atoms with E-state index in [2.05, 4.69) is 199 Å². The molecule has 1 aliphatic heterocycles. The summed E-state index contributed by atoms with van der Waals surface area (Å²) < 4.78 is 13.8. The van der Waals surface area contributed by atoms with Gasteiger partial charge in [0, 0.05) is 17.3 Å². The first-order valence-electron chi connectivity index (χ1n) is 20.1. The lowest BCUT2D eigenvalue weighted by atomic mass is 9.70. The van der Waals surface area contributed by atoms with Crippen LogP contribution in [0.15, 0.2) is 200 Å². The Labute approximate surface area is 338 Å². The molecule has 8 aromatic rings. The monoisotopic (exact) mass is 743 g/mol. The van der Waals surface area contributed by atoms with Gasteiger partial charge in [-0.25, -0.2) is 0 Å². The average Bonchev–Trinajstić information content (AvgIpc) is 3.75. The summed E-state index contributed by atoms with van der Waals surface area (Å²) in [5.41, 5.74) is 17.7. The van der Waals surface area contributed by atoms with E-state index < -0.39 is 5.41 Å². The third-order valence-electron chi connectivity index (χ3n) is 12.4. The highest BCUT2D eigenvalue weighted by atomic mass is 16.6. The van der Waals surface area contributed by atoms with Gasteiger partial charge in [0.1, 0.15) is 0 Å². The maximum Gasteiger partial charge on any atom is 0.172 e. The second kappa shape index (κ2) is 12.8. The lowest BCUT2D eigenvalue weighted by Crippen LogP contribution is -2.25. The van der Waals surface area contributed by atoms with Gasteiger partial charge in [-0.3, -0.25) is 0 Å². The number of allylic oxidation sites excluding steroid dienone is 4. The van der Waals surface area contributed by atoms with Crippen LogP contribution in [0.5, 0.6) is 23.0 Å². The summed E-state index contributed by atoms with van der Waals surface area (Å²) >= 11 is 0. The zero-order valence-corrected chi connectivity index (χ0v) is 31.7. The number of para-hydroxylation sites is 2. The molecule has 0 atom stereocenters. The van der Waals surface area contributed by atoms with Crippen molar-refractivity contribution >= 4 is 22.6 Å². The van der Waals surface area contributed by atoms with Crippen LogP contribution in [0.25, 0.3) is 39.0 Å². The molecular weight excluding hydrogens is 707 g/mol. The Bertz CT molecular complexity index is 2980. The van der Waals surface area contributed by atoms with Crippen LogP contribution in [0.4, 0.5) is 17.1 Å². The number of nitrogens with zero attached hydrogens (tertiary/aromatic N) is 1. The fourth-order valence-electron chi connectivity index (χ4n) is 10.0. The van der Waals surface area contributed by atoms with Gasteiger partial charge in [0.25, 0.3) is 0 Å². The minimum absolute atomic E-state index is 0.465. The number of benzene rings is 8. The Morgan fingerprint density at radius 2 is 0.948 bits per heavy atom. The summed E-state index contributed by atoms with van der Waals surface area (Å²) in [5, 5.41) is 0. The van der Waals surface area contributed by atoms with Gasteiger partial charge in [0.05, 0.1) is 16.8 Å². The Morgan fingerprint density at radius 3 is 1.64 bits per heavy atom. The van der Waals surface area contributed by atoms with E-state index in [0.717, 1.165) is 41.2 Å². The Kier molecular flexibility index (Phi) is 7.27. The lowest BCUT2D eigenvalue weighted by molar-refractivity contribution is 0.359. The van der Waals surface area contributed by atoms with Crippen LogP contribution in [0.2, 0.25) is 0 Å². The molecule has 8 aromatic carbocycles. The SMILES string of the molecule is C1=CCCC(c2ccccc2-c2ccccc2N(c2ccccc2)c2ccc3c(c2)Oc2cc4c(cc2O3)-c2ccccc2C42c3ccccc3-c3ccccc32)=C1. The van der Waals surface area contributed by atoms with Crippen molar-refractivity contribution in [2.75, 3.05) is 4.90 Å². The van der Waals surface area contributed by atoms with E-state index in [4.69, 9.17) is 9.47 Å². The fourth-order valence-corrected chi connectivity index (χ4v) is 10.0. The molecule has 4 aliphatic rings. The van der Waals surface area contributed by atoms with Crippen LogP contribution < -0.4 is 14.4 Å². The molecule has 3 heteroatoms. The average molecular weight is 744 g/mol. The van der Waals surface area contributed by atoms with Crippen molar-refractivity contribution in [3.63, 3.8) is 0 Å². The summed E-state index contributed by atoms with van der Waals surface area (Å²) in [6, 6.07) is 65.5. The van der Waals surface area contributed by atoms with Gasteiger partial charge in [-0.05, 0) is 117 Å². The minimum Gasteiger partial charge on any atom is -0.449 e. The van der Waals surface area contributed by atoms with Crippen molar-refractivity contribution in [2.45, 2.75) is 18.3 Å². The Morgan fingerprint density at radius 1 is 0.397 bits per heavy atom. The Balaban J connectivity index is 0.999. The van der Waals surface area contributed by atoms with Crippen LogP contribution in [0.3, 0.4) is 0 Å². The summed E-state index contributed by atoms with van der Waals surface area (Å²) in [6.45, 7) is 0. The smallest absolute Gasteiger partial charge is 0.172 e. The van der Waals surface area contributed by atoms with E-state index in [0.29, 0.717) is 17.2 Å². The Hall–Kier alpha value is -7.36. The molecular formula is C55H37NO2. The largest absolute Gasteiger partial charge is 0.449 e. The minimum atomic E-state index is -0.465. The van der Waals surface area contributed by atoms with Gasteiger partial charge in [0.15, 0.2) is 23.0 Å². The van der Waals surface area contributed by atoms with E-state index in [1.54, 1.807) is 0 Å². The zero-order valence-electron chi connectivity index (χ0n) is 31.7. The topological polar surface area (TPSA) is 21.7 Å². The van der Waals surface area contributed by atoms with Crippen molar-refractivity contribution in [3.8, 4) is 56.4 Å². The predicted octanol–water partition coefficient (Wildman–Crippen LogP) is 14.8. The van der Waals surface area contributed by atoms with E-state index in [1.165, 1.54) is 61.2 Å². The molecule has 0 saturated carbocycles. The number of hydrogen-bond donors (Lipinski definition) is 0. The molecule has 0 fully saturated rings. The van der Waals surface area contributed by atoms with Crippen LogP contribution in [0.1, 0.15) is 40.7 Å². The first-order valence-corrected chi connectivity index (χ1v) is 20.1. The number of ether oxygens (including phenoxy) is 2. The zero-order chi connectivity index (χ0) is 38.2. The van der Waals surface area contributed by atoms with E-state index >= 15 is 0 Å². The highest BCUT2D eigenvalue weighted by molar-refractivity contribution is 5.96. The molecule has 0 aromatic heterocycles. The van der Waals surface area contributed by atoms with Crippen LogP contribution in [0, 0.1) is 0 Å². The number of rotatable bonds is 5. The molecule has 12 rings (SSSR count). The second-order valence-electron chi connectivity index (χ2n) is 15.5. The van der Waals surface area contributed by atoms with Crippen molar-refractivity contribution in [2.24, 2.45) is 0 Å². The van der Waals surface area contributed by atoms with Crippen molar-refractivity contribution in [3.05, 3.63) is 228 Å². The summed E-state index contributed by atoms with van der Waals surface area (Å²) in [4.78, 5) is 2.33. The first kappa shape index (κ1) is 32.8. The molecule has 3 nitrogen and oxygen atoms in total. The lowest BCUT2D eigenvalue weighted by Gasteiger charge is -2.32. The third-order valence-corrected chi connectivity index (χ3v) is 12.4. The molecule has 58 heavy (non-hydrogen) atoms. The van der Waals surface area contributed by atoms with Gasteiger partial charge in [0.2, 0.25) is 0 Å². The van der Waals surface area contributed by atoms with Gasteiger partial charge >= 0.3 is 0 Å². The quantitative estimate of drug-likeness (QED) is 0.175. The highest BCUT2D eigenvalue weighted by Gasteiger charge is 2.52. The number of hydrogen-bond acceptors (Lipinski definition) is 3. The second-order valence-corrected chi connectivity index (χ2v) is 15.5. The standard InChI is InChI=1S/C55H37NO2/c1-3-17-36(18-4-1)39-21-7-8-22-40(39)44-26-12-16-30-50(44)56(37-19-5-2-6-20-37)38-31-32-51-52(33-38)58-54-35-49-45(34-53(54)57-51)43-25-11-15-29-48(43)55(49)46-27-13-9-23-41(46)42-24-10-14-28-47(42)55/h1-3,5-17,19-35H,4,18H2. The predicted molar refractivity (Wildman–Crippen MR) is 236 cm³/mol. The van der Waals surface area contributed by atoms with Gasteiger partial charge < -0.3 is 14.4 Å². The van der Waals surface area contributed by atoms with Gasteiger partial charge in [-0.2, -0.15) is 0 Å². The molecule has 0 radical (unpaired) electrons. The van der Waals surface area contributed by atoms with Crippen molar-refractivity contribution in [1.29, 1.82) is 0 Å². The molecule has 1 spiro atoms. The molecule has 0 bridgehead atoms. The van der Waals surface area contributed by atoms with E-state index in [9.17, 15) is 0 Å². The first-order chi connectivity index (χ1) is 28.8. The van der Waals surface area contributed by atoms with Crippen LogP contribution in [-0.4, -0.2) is 0 Å². The highest BCUT2D eigenvalue weighted by Crippen LogP contribution is 2.64. The summed E-state index contributed by atoms with van der Waals surface area (Å²) in [5.74, 6) is 2.81. The normalized spacial score (nSPS) is 14.5. The molecule has 274 valence electrons. The van der Waals surface area contributed by atoms with Gasteiger partial charge in [-0.1, -0.05) is 152 Å². The maximum atomic E-state index is 6.99. The molecule has 3 aliphatic carbocycles. The van der Waals surface area contributed by atoms with Crippen LogP contribution >= 0.6 is 0 Å². The van der Waals surface area contributed by atoms with E-state index in [-0.39, 0.29) is 0 Å². The van der Waals surface area contributed by atoms with Crippen molar-refractivity contribution < 1.29 is 9.47 Å². The summed E-state index contributed by atoms with van der Waals surface area (Å²) in [7, 11) is 0. The molecule has 0 saturated heterocycles. The molecule has 0 amide bonds. The number of fused-ring (bicyclic) bond motifs is 12. The molecule has 1 heterocycles. The maximum absolute atomic E-state index is 6.99. The third kappa shape index (κ3) is 4.74. The summed E-state index contributed by atoms with van der Waals surface area (Å²) in [6.07, 6.45) is 8.77. The molecule has 0 unspecified atom stereocenters. The van der Waals surface area contributed by atoms with Crippen molar-refractivity contribution in [1.82, 2.24) is 0 Å². The molecule has 0 N–H and O–H groups in total.